The van der Waals surface area contributed by atoms with E-state index in [2.05, 4.69) is 10.3 Å². The van der Waals surface area contributed by atoms with Crippen molar-refractivity contribution in [3.63, 3.8) is 0 Å². The van der Waals surface area contributed by atoms with Crippen LogP contribution in [0.1, 0.15) is 11.4 Å². The van der Waals surface area contributed by atoms with E-state index in [-0.39, 0.29) is 6.03 Å². The summed E-state index contributed by atoms with van der Waals surface area (Å²) in [5.41, 5.74) is 1.86. The van der Waals surface area contributed by atoms with Crippen molar-refractivity contribution in [3.05, 3.63) is 29.6 Å². The van der Waals surface area contributed by atoms with Crippen LogP contribution in [0, 0.1) is 6.92 Å². The van der Waals surface area contributed by atoms with Gasteiger partial charge < -0.3 is 10.2 Å². The van der Waals surface area contributed by atoms with Crippen LogP contribution in [0.25, 0.3) is 0 Å². The second-order valence-corrected chi connectivity index (χ2v) is 3.18. The van der Waals surface area contributed by atoms with Crippen LogP contribution >= 0.6 is 0 Å². The van der Waals surface area contributed by atoms with Gasteiger partial charge in [-0.2, -0.15) is 0 Å². The second kappa shape index (κ2) is 4.60. The minimum Gasteiger partial charge on any atom is -0.341 e. The van der Waals surface area contributed by atoms with Gasteiger partial charge in [0.15, 0.2) is 0 Å². The SMILES string of the molecule is CNC(=O)N(C)Cc1cccc(C)n1. The zero-order valence-corrected chi connectivity index (χ0v) is 8.74. The second-order valence-electron chi connectivity index (χ2n) is 3.18. The number of carbonyl (C=O) groups excluding carboxylic acids is 1. The Balaban J connectivity index is 2.64. The highest BCUT2D eigenvalue weighted by Crippen LogP contribution is 2.01. The lowest BCUT2D eigenvalue weighted by molar-refractivity contribution is 0.208. The van der Waals surface area contributed by atoms with Crippen LogP contribution in [0.2, 0.25) is 0 Å². The Kier molecular flexibility index (Phi) is 3.45. The number of hydrogen-bond acceptors (Lipinski definition) is 2. The molecule has 0 fully saturated rings. The smallest absolute Gasteiger partial charge is 0.317 e. The third kappa shape index (κ3) is 2.73. The van der Waals surface area contributed by atoms with Gasteiger partial charge in [0.25, 0.3) is 0 Å². The van der Waals surface area contributed by atoms with Crippen molar-refractivity contribution in [1.29, 1.82) is 0 Å². The maximum Gasteiger partial charge on any atom is 0.317 e. The Labute approximate surface area is 83.9 Å². The Morgan fingerprint density at radius 1 is 1.57 bits per heavy atom. The molecule has 4 nitrogen and oxygen atoms in total. The third-order valence-electron chi connectivity index (χ3n) is 1.91. The third-order valence-corrected chi connectivity index (χ3v) is 1.91. The molecule has 14 heavy (non-hydrogen) atoms. The normalized spacial score (nSPS) is 9.64. The van der Waals surface area contributed by atoms with Crippen LogP contribution in [0.4, 0.5) is 4.79 Å². The summed E-state index contributed by atoms with van der Waals surface area (Å²) in [7, 11) is 3.35. The van der Waals surface area contributed by atoms with Crippen LogP contribution in [0.15, 0.2) is 18.2 Å². The lowest BCUT2D eigenvalue weighted by Crippen LogP contribution is -2.34. The summed E-state index contributed by atoms with van der Waals surface area (Å²) < 4.78 is 0. The average molecular weight is 193 g/mol. The molecular weight excluding hydrogens is 178 g/mol. The molecule has 1 aromatic rings. The number of rotatable bonds is 2. The molecular formula is C10H15N3O. The first-order valence-electron chi connectivity index (χ1n) is 4.49. The molecule has 0 saturated carbocycles. The van der Waals surface area contributed by atoms with E-state index >= 15 is 0 Å². The fraction of sp³-hybridized carbons (Fsp3) is 0.400. The minimum absolute atomic E-state index is 0.103. The molecule has 0 aromatic carbocycles. The number of aromatic nitrogens is 1. The maximum absolute atomic E-state index is 11.2. The topological polar surface area (TPSA) is 45.2 Å². The first-order valence-corrected chi connectivity index (χ1v) is 4.49. The number of hydrogen-bond donors (Lipinski definition) is 1. The summed E-state index contributed by atoms with van der Waals surface area (Å²) in [5, 5.41) is 2.56. The van der Waals surface area contributed by atoms with E-state index < -0.39 is 0 Å². The van der Waals surface area contributed by atoms with Crippen LogP contribution in [0.3, 0.4) is 0 Å². The molecule has 76 valence electrons. The summed E-state index contributed by atoms with van der Waals surface area (Å²) in [6, 6.07) is 5.68. The van der Waals surface area contributed by atoms with Gasteiger partial charge in [-0.3, -0.25) is 4.98 Å². The van der Waals surface area contributed by atoms with Crippen molar-refractivity contribution in [2.45, 2.75) is 13.5 Å². The molecule has 0 saturated heterocycles. The molecule has 0 spiro atoms. The highest BCUT2D eigenvalue weighted by molar-refractivity contribution is 5.73. The number of amides is 2. The zero-order valence-electron chi connectivity index (χ0n) is 8.74. The highest BCUT2D eigenvalue weighted by atomic mass is 16.2. The standard InChI is InChI=1S/C10H15N3O/c1-8-5-4-6-9(12-8)7-13(3)10(14)11-2/h4-6H,7H2,1-3H3,(H,11,14). The molecule has 0 aliphatic rings. The van der Waals surface area contributed by atoms with E-state index in [1.807, 2.05) is 25.1 Å². The van der Waals surface area contributed by atoms with Crippen LogP contribution < -0.4 is 5.32 Å². The molecule has 0 aliphatic heterocycles. The van der Waals surface area contributed by atoms with Gasteiger partial charge in [0.2, 0.25) is 0 Å². The van der Waals surface area contributed by atoms with Gasteiger partial charge in [-0.25, -0.2) is 4.79 Å². The molecule has 0 unspecified atom stereocenters. The number of aryl methyl sites for hydroxylation is 1. The highest BCUT2D eigenvalue weighted by Gasteiger charge is 2.06. The summed E-state index contributed by atoms with van der Waals surface area (Å²) in [6.07, 6.45) is 0. The fourth-order valence-electron chi connectivity index (χ4n) is 1.19. The Bertz CT molecular complexity index is 325. The predicted molar refractivity (Wildman–Crippen MR) is 54.9 cm³/mol. The van der Waals surface area contributed by atoms with Gasteiger partial charge in [0.1, 0.15) is 0 Å². The van der Waals surface area contributed by atoms with Gasteiger partial charge in [0.05, 0.1) is 12.2 Å². The first kappa shape index (κ1) is 10.5. The summed E-state index contributed by atoms with van der Waals surface area (Å²) in [6.45, 7) is 2.46. The fourth-order valence-corrected chi connectivity index (χ4v) is 1.19. The molecule has 0 radical (unpaired) electrons. The monoisotopic (exact) mass is 193 g/mol. The molecule has 1 N–H and O–H groups in total. The Morgan fingerprint density at radius 2 is 2.29 bits per heavy atom. The molecule has 1 rings (SSSR count). The van der Waals surface area contributed by atoms with Gasteiger partial charge in [0, 0.05) is 19.8 Å². The molecule has 0 bridgehead atoms. The van der Waals surface area contributed by atoms with E-state index in [1.165, 1.54) is 0 Å². The van der Waals surface area contributed by atoms with Crippen LogP contribution in [-0.2, 0) is 6.54 Å². The van der Waals surface area contributed by atoms with Gasteiger partial charge >= 0.3 is 6.03 Å². The Morgan fingerprint density at radius 3 is 2.86 bits per heavy atom. The number of urea groups is 1. The largest absolute Gasteiger partial charge is 0.341 e. The van der Waals surface area contributed by atoms with Gasteiger partial charge in [-0.1, -0.05) is 6.07 Å². The number of carbonyl (C=O) groups is 1. The Hall–Kier alpha value is -1.58. The van der Waals surface area contributed by atoms with E-state index in [0.29, 0.717) is 6.54 Å². The number of nitrogens with zero attached hydrogens (tertiary/aromatic N) is 2. The molecule has 4 heteroatoms. The molecule has 2 amide bonds. The quantitative estimate of drug-likeness (QED) is 0.766. The van der Waals surface area contributed by atoms with E-state index in [9.17, 15) is 4.79 Å². The predicted octanol–water partition coefficient (Wildman–Crippen LogP) is 1.16. The van der Waals surface area contributed by atoms with Crippen molar-refractivity contribution in [1.82, 2.24) is 15.2 Å². The van der Waals surface area contributed by atoms with Crippen LogP contribution in [0.5, 0.6) is 0 Å². The number of nitrogens with one attached hydrogen (secondary N) is 1. The lowest BCUT2D eigenvalue weighted by atomic mass is 10.3. The average Bonchev–Trinajstić information content (AvgIpc) is 2.16. The van der Waals surface area contributed by atoms with Gasteiger partial charge in [-0.05, 0) is 19.1 Å². The van der Waals surface area contributed by atoms with Crippen LogP contribution in [-0.4, -0.2) is 30.0 Å². The van der Waals surface area contributed by atoms with Crippen molar-refractivity contribution >= 4 is 6.03 Å². The summed E-state index contributed by atoms with van der Waals surface area (Å²) in [4.78, 5) is 17.1. The van der Waals surface area contributed by atoms with Crippen molar-refractivity contribution in [2.24, 2.45) is 0 Å². The first-order chi connectivity index (χ1) is 6.63. The summed E-state index contributed by atoms with van der Waals surface area (Å²) >= 11 is 0. The van der Waals surface area contributed by atoms with E-state index in [1.54, 1.807) is 19.0 Å². The molecule has 0 aliphatic carbocycles. The minimum atomic E-state index is -0.103. The molecule has 1 heterocycles. The van der Waals surface area contributed by atoms with Crippen molar-refractivity contribution < 1.29 is 4.79 Å². The maximum atomic E-state index is 11.2. The van der Waals surface area contributed by atoms with E-state index in [4.69, 9.17) is 0 Å². The van der Waals surface area contributed by atoms with Gasteiger partial charge in [-0.15, -0.1) is 0 Å². The van der Waals surface area contributed by atoms with Crippen molar-refractivity contribution in [2.75, 3.05) is 14.1 Å². The zero-order chi connectivity index (χ0) is 10.6. The molecule has 0 atom stereocenters. The van der Waals surface area contributed by atoms with E-state index in [0.717, 1.165) is 11.4 Å². The van der Waals surface area contributed by atoms with Crippen molar-refractivity contribution in [3.8, 4) is 0 Å². The lowest BCUT2D eigenvalue weighted by Gasteiger charge is -2.15. The summed E-state index contributed by atoms with van der Waals surface area (Å²) in [5.74, 6) is 0. The number of pyridine rings is 1. The molecule has 1 aromatic heterocycles.